The molecule has 0 bridgehead atoms. The molecule has 1 unspecified atom stereocenters. The fourth-order valence-corrected chi connectivity index (χ4v) is 6.62. The normalized spacial score (nSPS) is 18.8. The molecule has 0 aromatic carbocycles. The van der Waals surface area contributed by atoms with Gasteiger partial charge in [-0.1, -0.05) is 6.07 Å². The molecule has 3 heterocycles. The quantitative estimate of drug-likeness (QED) is 0.833. The highest BCUT2D eigenvalue weighted by Gasteiger charge is 2.39. The average molecular weight is 385 g/mol. The van der Waals surface area contributed by atoms with Gasteiger partial charge in [-0.25, -0.2) is 8.42 Å². The molecule has 1 aliphatic rings. The van der Waals surface area contributed by atoms with E-state index in [0.717, 1.165) is 11.3 Å². The molecule has 1 N–H and O–H groups in total. The summed E-state index contributed by atoms with van der Waals surface area (Å²) in [5, 5.41) is 4.89. The highest BCUT2D eigenvalue weighted by Crippen LogP contribution is 2.30. The molecule has 2 aromatic rings. The predicted molar refractivity (Wildman–Crippen MR) is 97.0 cm³/mol. The Morgan fingerprint density at radius 2 is 2.21 bits per heavy atom. The number of rotatable bonds is 6. The Hall–Kier alpha value is -1.22. The second kappa shape index (κ2) is 7.35. The maximum atomic E-state index is 12.8. The van der Waals surface area contributed by atoms with Crippen molar-refractivity contribution in [2.24, 2.45) is 0 Å². The molecule has 0 radical (unpaired) electrons. The standard InChI is InChI=1S/C16H20N2O3S3/c1-12-6-7-15(23-12)24(20,21)18-10-2-5-14(18)16(19)17-9-8-13-4-3-11-22-13/h3-4,6-7,11,14H,2,5,8-10H2,1H3,(H,17,19). The van der Waals surface area contributed by atoms with Crippen LogP contribution in [0.1, 0.15) is 22.6 Å². The van der Waals surface area contributed by atoms with Gasteiger partial charge < -0.3 is 5.32 Å². The second-order valence-electron chi connectivity index (χ2n) is 5.76. The average Bonchev–Trinajstić information content (AvgIpc) is 3.28. The summed E-state index contributed by atoms with van der Waals surface area (Å²) in [6, 6.07) is 6.84. The summed E-state index contributed by atoms with van der Waals surface area (Å²) in [6.45, 7) is 2.81. The summed E-state index contributed by atoms with van der Waals surface area (Å²) in [5.41, 5.74) is 0. The van der Waals surface area contributed by atoms with Crippen molar-refractivity contribution in [2.45, 2.75) is 36.4 Å². The van der Waals surface area contributed by atoms with Crippen molar-refractivity contribution < 1.29 is 13.2 Å². The van der Waals surface area contributed by atoms with E-state index in [9.17, 15) is 13.2 Å². The molecule has 0 saturated carbocycles. The Balaban J connectivity index is 1.65. The Bertz CT molecular complexity index is 796. The van der Waals surface area contributed by atoms with Crippen LogP contribution in [-0.4, -0.2) is 37.8 Å². The Morgan fingerprint density at radius 3 is 2.88 bits per heavy atom. The zero-order valence-corrected chi connectivity index (χ0v) is 15.8. The van der Waals surface area contributed by atoms with Crippen LogP contribution in [0.5, 0.6) is 0 Å². The van der Waals surface area contributed by atoms with Gasteiger partial charge >= 0.3 is 0 Å². The number of aryl methyl sites for hydroxylation is 1. The lowest BCUT2D eigenvalue weighted by molar-refractivity contribution is -0.124. The van der Waals surface area contributed by atoms with E-state index in [1.807, 2.05) is 24.4 Å². The lowest BCUT2D eigenvalue weighted by Crippen LogP contribution is -2.46. The molecule has 8 heteroatoms. The molecule has 1 fully saturated rings. The SMILES string of the molecule is Cc1ccc(S(=O)(=O)N2CCCC2C(=O)NCCc2cccs2)s1. The van der Waals surface area contributed by atoms with E-state index in [2.05, 4.69) is 5.32 Å². The van der Waals surface area contributed by atoms with Gasteiger partial charge in [0.2, 0.25) is 5.91 Å². The molecule has 0 aliphatic carbocycles. The van der Waals surface area contributed by atoms with E-state index >= 15 is 0 Å². The minimum Gasteiger partial charge on any atom is -0.354 e. The van der Waals surface area contributed by atoms with Gasteiger partial charge in [0, 0.05) is 22.8 Å². The Morgan fingerprint density at radius 1 is 1.38 bits per heavy atom. The number of hydrogen-bond acceptors (Lipinski definition) is 5. The molecule has 24 heavy (non-hydrogen) atoms. The van der Waals surface area contributed by atoms with Crippen molar-refractivity contribution in [3.8, 4) is 0 Å². The summed E-state index contributed by atoms with van der Waals surface area (Å²) < 4.78 is 27.2. The van der Waals surface area contributed by atoms with E-state index in [4.69, 9.17) is 0 Å². The summed E-state index contributed by atoms with van der Waals surface area (Å²) in [7, 11) is -3.59. The smallest absolute Gasteiger partial charge is 0.253 e. The van der Waals surface area contributed by atoms with Crippen molar-refractivity contribution in [1.82, 2.24) is 9.62 Å². The monoisotopic (exact) mass is 384 g/mol. The van der Waals surface area contributed by atoms with Crippen LogP contribution in [0.4, 0.5) is 0 Å². The zero-order chi connectivity index (χ0) is 17.2. The fraction of sp³-hybridized carbons (Fsp3) is 0.438. The van der Waals surface area contributed by atoms with Crippen LogP contribution < -0.4 is 5.32 Å². The first kappa shape index (κ1) is 17.6. The third-order valence-electron chi connectivity index (χ3n) is 4.04. The van der Waals surface area contributed by atoms with Crippen LogP contribution in [0.25, 0.3) is 0 Å². The van der Waals surface area contributed by atoms with Crippen LogP contribution in [-0.2, 0) is 21.2 Å². The number of carbonyl (C=O) groups excluding carboxylic acids is 1. The topological polar surface area (TPSA) is 66.5 Å². The predicted octanol–water partition coefficient (Wildman–Crippen LogP) is 2.63. The summed E-state index contributed by atoms with van der Waals surface area (Å²) in [5.74, 6) is -0.194. The number of carbonyl (C=O) groups is 1. The fourth-order valence-electron chi connectivity index (χ4n) is 2.84. The number of sulfonamides is 1. The summed E-state index contributed by atoms with van der Waals surface area (Å²) in [4.78, 5) is 14.6. The van der Waals surface area contributed by atoms with Crippen molar-refractivity contribution >= 4 is 38.6 Å². The van der Waals surface area contributed by atoms with Crippen LogP contribution in [0, 0.1) is 6.92 Å². The second-order valence-corrected chi connectivity index (χ2v) is 10.2. The molecule has 3 rings (SSSR count). The van der Waals surface area contributed by atoms with Gasteiger partial charge in [0.25, 0.3) is 10.0 Å². The zero-order valence-electron chi connectivity index (χ0n) is 13.4. The molecule has 1 saturated heterocycles. The number of amides is 1. The number of nitrogens with one attached hydrogen (secondary N) is 1. The van der Waals surface area contributed by atoms with E-state index in [1.54, 1.807) is 23.5 Å². The highest BCUT2D eigenvalue weighted by molar-refractivity contribution is 7.91. The van der Waals surface area contributed by atoms with Crippen molar-refractivity contribution in [3.05, 3.63) is 39.4 Å². The highest BCUT2D eigenvalue weighted by atomic mass is 32.2. The van der Waals surface area contributed by atoms with Crippen molar-refractivity contribution in [1.29, 1.82) is 0 Å². The number of thiophene rings is 2. The van der Waals surface area contributed by atoms with Gasteiger partial charge in [0.1, 0.15) is 10.3 Å². The Labute approximate surface area is 150 Å². The van der Waals surface area contributed by atoms with Gasteiger partial charge in [-0.15, -0.1) is 22.7 Å². The maximum Gasteiger partial charge on any atom is 0.253 e. The molecule has 1 atom stereocenters. The van der Waals surface area contributed by atoms with Gasteiger partial charge in [0.05, 0.1) is 0 Å². The van der Waals surface area contributed by atoms with Crippen LogP contribution >= 0.6 is 22.7 Å². The first-order valence-electron chi connectivity index (χ1n) is 7.87. The molecule has 130 valence electrons. The lowest BCUT2D eigenvalue weighted by atomic mass is 10.2. The van der Waals surface area contributed by atoms with E-state index < -0.39 is 16.1 Å². The van der Waals surface area contributed by atoms with Crippen LogP contribution in [0.2, 0.25) is 0 Å². The van der Waals surface area contributed by atoms with Gasteiger partial charge in [-0.2, -0.15) is 4.31 Å². The molecule has 1 aliphatic heterocycles. The van der Waals surface area contributed by atoms with Crippen LogP contribution in [0.15, 0.2) is 33.9 Å². The molecule has 0 spiro atoms. The summed E-state index contributed by atoms with van der Waals surface area (Å²) >= 11 is 2.91. The molecular weight excluding hydrogens is 364 g/mol. The van der Waals surface area contributed by atoms with Gasteiger partial charge in [-0.3, -0.25) is 4.79 Å². The molecular formula is C16H20N2O3S3. The molecule has 2 aromatic heterocycles. The lowest BCUT2D eigenvalue weighted by Gasteiger charge is -2.22. The minimum atomic E-state index is -3.59. The number of hydrogen-bond donors (Lipinski definition) is 1. The third-order valence-corrected chi connectivity index (χ3v) is 8.35. The Kier molecular flexibility index (Phi) is 5.39. The number of nitrogens with zero attached hydrogens (tertiary/aromatic N) is 1. The summed E-state index contributed by atoms with van der Waals surface area (Å²) in [6.07, 6.45) is 2.06. The maximum absolute atomic E-state index is 12.8. The van der Waals surface area contributed by atoms with Crippen LogP contribution in [0.3, 0.4) is 0 Å². The van der Waals surface area contributed by atoms with Crippen molar-refractivity contribution in [3.63, 3.8) is 0 Å². The van der Waals surface area contributed by atoms with Gasteiger partial charge in [-0.05, 0) is 49.8 Å². The minimum absolute atomic E-state index is 0.194. The third kappa shape index (κ3) is 3.72. The molecule has 1 amide bonds. The van der Waals surface area contributed by atoms with E-state index in [0.29, 0.717) is 30.1 Å². The molecule has 5 nitrogen and oxygen atoms in total. The largest absolute Gasteiger partial charge is 0.354 e. The first-order chi connectivity index (χ1) is 11.5. The first-order valence-corrected chi connectivity index (χ1v) is 11.0. The van der Waals surface area contributed by atoms with E-state index in [-0.39, 0.29) is 5.91 Å². The van der Waals surface area contributed by atoms with E-state index in [1.165, 1.54) is 20.5 Å². The van der Waals surface area contributed by atoms with Gasteiger partial charge in [0.15, 0.2) is 0 Å². The van der Waals surface area contributed by atoms with Crippen molar-refractivity contribution in [2.75, 3.05) is 13.1 Å².